The average Bonchev–Trinajstić information content (AvgIpc) is 2.46. The predicted molar refractivity (Wildman–Crippen MR) is 79.6 cm³/mol. The summed E-state index contributed by atoms with van der Waals surface area (Å²) in [7, 11) is 0. The summed E-state index contributed by atoms with van der Waals surface area (Å²) in [6.45, 7) is 6.19. The molecule has 0 heterocycles. The van der Waals surface area contributed by atoms with Crippen LogP contribution in [0.15, 0.2) is 24.3 Å². The minimum absolute atomic E-state index is 0.0873. The van der Waals surface area contributed by atoms with E-state index in [2.05, 4.69) is 0 Å². The van der Waals surface area contributed by atoms with Crippen LogP contribution in [0.3, 0.4) is 0 Å². The van der Waals surface area contributed by atoms with Gasteiger partial charge in [-0.05, 0) is 25.8 Å². The fourth-order valence-corrected chi connectivity index (χ4v) is 1.99. The summed E-state index contributed by atoms with van der Waals surface area (Å²) < 4.78 is 10.9. The minimum Gasteiger partial charge on any atom is -0.478 e. The van der Waals surface area contributed by atoms with E-state index < -0.39 is 6.10 Å². The molecule has 4 heteroatoms. The maximum absolute atomic E-state index is 11.9. The fourth-order valence-electron chi connectivity index (χ4n) is 1.99. The first-order valence-corrected chi connectivity index (χ1v) is 7.31. The SMILES string of the molecule is CCCC(Oc1ccccc1[C@H](N)CC)C(=O)OCC. The second-order valence-corrected chi connectivity index (χ2v) is 4.70. The van der Waals surface area contributed by atoms with Crippen molar-refractivity contribution in [3.8, 4) is 5.75 Å². The largest absolute Gasteiger partial charge is 0.478 e. The highest BCUT2D eigenvalue weighted by Crippen LogP contribution is 2.27. The number of nitrogens with two attached hydrogens (primary N) is 1. The third-order valence-electron chi connectivity index (χ3n) is 3.13. The van der Waals surface area contributed by atoms with Crippen LogP contribution in [0.2, 0.25) is 0 Å². The van der Waals surface area contributed by atoms with Crippen LogP contribution in [0.25, 0.3) is 0 Å². The molecular formula is C16H25NO3. The molecule has 1 aromatic carbocycles. The first kappa shape index (κ1) is 16.5. The molecule has 0 aliphatic heterocycles. The molecule has 20 heavy (non-hydrogen) atoms. The van der Waals surface area contributed by atoms with Gasteiger partial charge in [0.25, 0.3) is 0 Å². The third-order valence-corrected chi connectivity index (χ3v) is 3.13. The Hall–Kier alpha value is -1.55. The van der Waals surface area contributed by atoms with Gasteiger partial charge in [0.1, 0.15) is 5.75 Å². The standard InChI is InChI=1S/C16H25NO3/c1-4-9-15(16(18)19-6-3)20-14-11-8-7-10-12(14)13(17)5-2/h7-8,10-11,13,15H,4-6,9,17H2,1-3H3/t13-,15?/m1/s1. The van der Waals surface area contributed by atoms with Crippen LogP contribution in [0.5, 0.6) is 5.75 Å². The topological polar surface area (TPSA) is 61.5 Å². The number of carbonyl (C=O) groups is 1. The van der Waals surface area contributed by atoms with E-state index in [4.69, 9.17) is 15.2 Å². The Kier molecular flexibility index (Phi) is 7.09. The molecule has 0 aliphatic rings. The molecule has 1 aromatic rings. The zero-order valence-corrected chi connectivity index (χ0v) is 12.6. The van der Waals surface area contributed by atoms with Crippen molar-refractivity contribution in [2.45, 2.75) is 52.2 Å². The number of esters is 1. The summed E-state index contributed by atoms with van der Waals surface area (Å²) >= 11 is 0. The lowest BCUT2D eigenvalue weighted by Gasteiger charge is -2.21. The Morgan fingerprint density at radius 3 is 2.55 bits per heavy atom. The molecule has 112 valence electrons. The molecule has 0 fully saturated rings. The van der Waals surface area contributed by atoms with Gasteiger partial charge < -0.3 is 15.2 Å². The molecule has 0 saturated carbocycles. The minimum atomic E-state index is -0.565. The first-order valence-electron chi connectivity index (χ1n) is 7.31. The fraction of sp³-hybridized carbons (Fsp3) is 0.562. The molecule has 0 aliphatic carbocycles. The lowest BCUT2D eigenvalue weighted by atomic mass is 10.0. The van der Waals surface area contributed by atoms with E-state index in [1.165, 1.54) is 0 Å². The number of hydrogen-bond acceptors (Lipinski definition) is 4. The quantitative estimate of drug-likeness (QED) is 0.742. The molecular weight excluding hydrogens is 254 g/mol. The van der Waals surface area contributed by atoms with Crippen molar-refractivity contribution >= 4 is 5.97 Å². The van der Waals surface area contributed by atoms with Crippen molar-refractivity contribution in [3.63, 3.8) is 0 Å². The van der Waals surface area contributed by atoms with Gasteiger partial charge in [0.2, 0.25) is 0 Å². The summed E-state index contributed by atoms with van der Waals surface area (Å²) in [6.07, 6.45) is 1.74. The molecule has 0 amide bonds. The molecule has 2 atom stereocenters. The van der Waals surface area contributed by atoms with Crippen molar-refractivity contribution in [2.75, 3.05) is 6.61 Å². The summed E-state index contributed by atoms with van der Waals surface area (Å²) in [6, 6.07) is 7.52. The van der Waals surface area contributed by atoms with E-state index in [0.29, 0.717) is 18.8 Å². The van der Waals surface area contributed by atoms with Gasteiger partial charge >= 0.3 is 5.97 Å². The van der Waals surface area contributed by atoms with Gasteiger partial charge in [-0.1, -0.05) is 38.5 Å². The maximum Gasteiger partial charge on any atom is 0.347 e. The van der Waals surface area contributed by atoms with Crippen LogP contribution < -0.4 is 10.5 Å². The monoisotopic (exact) mass is 279 g/mol. The molecule has 1 rings (SSSR count). The Labute approximate surface area is 121 Å². The number of hydrogen-bond donors (Lipinski definition) is 1. The summed E-state index contributed by atoms with van der Waals surface area (Å²) in [5.74, 6) is 0.363. The smallest absolute Gasteiger partial charge is 0.347 e. The van der Waals surface area contributed by atoms with Gasteiger partial charge in [-0.25, -0.2) is 4.79 Å². The summed E-state index contributed by atoms with van der Waals surface area (Å²) in [5.41, 5.74) is 7.01. The highest BCUT2D eigenvalue weighted by atomic mass is 16.6. The van der Waals surface area contributed by atoms with Gasteiger partial charge in [0.05, 0.1) is 6.61 Å². The van der Waals surface area contributed by atoms with Crippen LogP contribution in [0.1, 0.15) is 51.6 Å². The maximum atomic E-state index is 11.9. The molecule has 0 bridgehead atoms. The lowest BCUT2D eigenvalue weighted by Crippen LogP contribution is -2.30. The number of ether oxygens (including phenoxy) is 2. The predicted octanol–water partition coefficient (Wildman–Crippen LogP) is 3.21. The van der Waals surface area contributed by atoms with Gasteiger partial charge in [0, 0.05) is 11.6 Å². The van der Waals surface area contributed by atoms with Crippen LogP contribution in [0, 0.1) is 0 Å². The molecule has 4 nitrogen and oxygen atoms in total. The molecule has 0 radical (unpaired) electrons. The van der Waals surface area contributed by atoms with Crippen molar-refractivity contribution in [2.24, 2.45) is 5.73 Å². The van der Waals surface area contributed by atoms with Gasteiger partial charge in [0.15, 0.2) is 6.10 Å². The molecule has 0 spiro atoms. The van der Waals surface area contributed by atoms with Crippen LogP contribution in [-0.4, -0.2) is 18.7 Å². The zero-order chi connectivity index (χ0) is 15.0. The first-order chi connectivity index (χ1) is 9.63. The van der Waals surface area contributed by atoms with Crippen molar-refractivity contribution < 1.29 is 14.3 Å². The van der Waals surface area contributed by atoms with E-state index >= 15 is 0 Å². The van der Waals surface area contributed by atoms with Crippen LogP contribution in [0.4, 0.5) is 0 Å². The molecule has 0 saturated heterocycles. The number of rotatable bonds is 8. The van der Waals surface area contributed by atoms with Gasteiger partial charge in [-0.2, -0.15) is 0 Å². The van der Waals surface area contributed by atoms with E-state index in [0.717, 1.165) is 18.4 Å². The molecule has 2 N–H and O–H groups in total. The normalized spacial score (nSPS) is 13.6. The Balaban J connectivity index is 2.90. The highest BCUT2D eigenvalue weighted by molar-refractivity contribution is 5.75. The van der Waals surface area contributed by atoms with Crippen molar-refractivity contribution in [1.29, 1.82) is 0 Å². The Morgan fingerprint density at radius 2 is 1.95 bits per heavy atom. The van der Waals surface area contributed by atoms with E-state index in [1.54, 1.807) is 6.92 Å². The lowest BCUT2D eigenvalue weighted by molar-refractivity contribution is -0.151. The van der Waals surface area contributed by atoms with E-state index in [-0.39, 0.29) is 12.0 Å². The zero-order valence-electron chi connectivity index (χ0n) is 12.6. The second kappa shape index (κ2) is 8.59. The van der Waals surface area contributed by atoms with E-state index in [9.17, 15) is 4.79 Å². The summed E-state index contributed by atoms with van der Waals surface area (Å²) in [4.78, 5) is 11.9. The van der Waals surface area contributed by atoms with Crippen LogP contribution in [-0.2, 0) is 9.53 Å². The second-order valence-electron chi connectivity index (χ2n) is 4.70. The molecule has 0 aromatic heterocycles. The summed E-state index contributed by atoms with van der Waals surface area (Å²) in [5, 5.41) is 0. The van der Waals surface area contributed by atoms with Crippen molar-refractivity contribution in [1.82, 2.24) is 0 Å². The Morgan fingerprint density at radius 1 is 1.25 bits per heavy atom. The van der Waals surface area contributed by atoms with Gasteiger partial charge in [-0.3, -0.25) is 0 Å². The number of carbonyl (C=O) groups excluding carboxylic acids is 1. The van der Waals surface area contributed by atoms with Gasteiger partial charge in [-0.15, -0.1) is 0 Å². The average molecular weight is 279 g/mol. The van der Waals surface area contributed by atoms with E-state index in [1.807, 2.05) is 38.1 Å². The third kappa shape index (κ3) is 4.53. The Bertz CT molecular complexity index is 420. The van der Waals surface area contributed by atoms with Crippen molar-refractivity contribution in [3.05, 3.63) is 29.8 Å². The number of para-hydroxylation sites is 1. The van der Waals surface area contributed by atoms with Crippen LogP contribution >= 0.6 is 0 Å². The highest BCUT2D eigenvalue weighted by Gasteiger charge is 2.22. The molecule has 1 unspecified atom stereocenters. The number of benzene rings is 1.